The quantitative estimate of drug-likeness (QED) is 0.677. The number of nitrogens with one attached hydrogen (secondary N) is 2. The van der Waals surface area contributed by atoms with Gasteiger partial charge in [-0.2, -0.15) is 0 Å². The van der Waals surface area contributed by atoms with E-state index >= 15 is 0 Å². The van der Waals surface area contributed by atoms with Crippen LogP contribution in [0, 0.1) is 11.8 Å². The minimum absolute atomic E-state index is 0.0267. The zero-order valence-electron chi connectivity index (χ0n) is 16.8. The molecule has 1 fully saturated rings. The van der Waals surface area contributed by atoms with Gasteiger partial charge in [0.15, 0.2) is 0 Å². The van der Waals surface area contributed by atoms with Crippen molar-refractivity contribution in [3.05, 3.63) is 66.0 Å². The molecule has 1 saturated heterocycles. The van der Waals surface area contributed by atoms with Crippen molar-refractivity contribution in [3.63, 3.8) is 0 Å². The highest BCUT2D eigenvalue weighted by Gasteiger charge is 2.35. The van der Waals surface area contributed by atoms with Crippen LogP contribution in [0.1, 0.15) is 37.7 Å². The van der Waals surface area contributed by atoms with E-state index in [1.165, 1.54) is 0 Å². The average molecular weight is 390 g/mol. The first-order valence-corrected chi connectivity index (χ1v) is 10.1. The fourth-order valence-corrected chi connectivity index (χ4v) is 3.85. The third kappa shape index (κ3) is 4.16. The third-order valence-corrected chi connectivity index (χ3v) is 5.47. The number of para-hydroxylation sites is 2. The Balaban J connectivity index is 1.45. The van der Waals surface area contributed by atoms with E-state index < -0.39 is 0 Å². The number of imidazole rings is 1. The molecule has 4 rings (SSSR count). The molecule has 1 aromatic heterocycles. The molecule has 0 bridgehead atoms. The first-order chi connectivity index (χ1) is 14.0. The Kier molecular flexibility index (Phi) is 5.34. The van der Waals surface area contributed by atoms with Gasteiger partial charge in [-0.25, -0.2) is 4.98 Å². The van der Waals surface area contributed by atoms with Crippen LogP contribution in [0.4, 0.5) is 0 Å². The Morgan fingerprint density at radius 3 is 2.62 bits per heavy atom. The number of carbonyl (C=O) groups is 2. The van der Waals surface area contributed by atoms with Crippen molar-refractivity contribution in [2.45, 2.75) is 32.9 Å². The second-order valence-corrected chi connectivity index (χ2v) is 8.03. The molecular weight excluding hydrogens is 364 g/mol. The van der Waals surface area contributed by atoms with Crippen molar-refractivity contribution in [1.82, 2.24) is 20.2 Å². The highest BCUT2D eigenvalue weighted by molar-refractivity contribution is 5.89. The second-order valence-electron chi connectivity index (χ2n) is 8.03. The lowest BCUT2D eigenvalue weighted by Crippen LogP contribution is -2.38. The Bertz CT molecular complexity index is 979. The molecule has 0 spiro atoms. The van der Waals surface area contributed by atoms with Gasteiger partial charge >= 0.3 is 0 Å². The molecule has 150 valence electrons. The lowest BCUT2D eigenvalue weighted by Gasteiger charge is -2.22. The van der Waals surface area contributed by atoms with Gasteiger partial charge in [0.05, 0.1) is 23.0 Å². The van der Waals surface area contributed by atoms with E-state index in [2.05, 4.69) is 29.1 Å². The SMILES string of the molecule is CC(C)[C@@H](NC(=O)[C@@H]1CC(=O)N(Cc2ccccc2)C1)c1nc2ccccc2[nH]1. The number of benzene rings is 2. The van der Waals surface area contributed by atoms with Crippen LogP contribution < -0.4 is 5.32 Å². The maximum Gasteiger partial charge on any atom is 0.226 e. The third-order valence-electron chi connectivity index (χ3n) is 5.47. The Morgan fingerprint density at radius 2 is 1.90 bits per heavy atom. The van der Waals surface area contributed by atoms with Crippen LogP contribution in [0.15, 0.2) is 54.6 Å². The smallest absolute Gasteiger partial charge is 0.226 e. The molecule has 0 aliphatic carbocycles. The van der Waals surface area contributed by atoms with Crippen molar-refractivity contribution < 1.29 is 9.59 Å². The average Bonchev–Trinajstić information content (AvgIpc) is 3.30. The molecular formula is C23H26N4O2. The number of carbonyl (C=O) groups excluding carboxylic acids is 2. The molecule has 29 heavy (non-hydrogen) atoms. The Labute approximate surface area is 170 Å². The van der Waals surface area contributed by atoms with E-state index in [9.17, 15) is 9.59 Å². The molecule has 2 heterocycles. The number of likely N-dealkylation sites (tertiary alicyclic amines) is 1. The van der Waals surface area contributed by atoms with Crippen molar-refractivity contribution in [2.24, 2.45) is 11.8 Å². The largest absolute Gasteiger partial charge is 0.346 e. The van der Waals surface area contributed by atoms with E-state index in [4.69, 9.17) is 0 Å². The molecule has 0 saturated carbocycles. The molecule has 0 radical (unpaired) electrons. The molecule has 0 unspecified atom stereocenters. The number of rotatable bonds is 6. The van der Waals surface area contributed by atoms with Crippen LogP contribution in [0.25, 0.3) is 11.0 Å². The molecule has 2 atom stereocenters. The van der Waals surface area contributed by atoms with E-state index in [0.717, 1.165) is 22.4 Å². The number of nitrogens with zero attached hydrogens (tertiary/aromatic N) is 2. The Hall–Kier alpha value is -3.15. The van der Waals surface area contributed by atoms with E-state index in [-0.39, 0.29) is 36.1 Å². The molecule has 6 nitrogen and oxygen atoms in total. The number of hydrogen-bond donors (Lipinski definition) is 2. The maximum absolute atomic E-state index is 13.0. The summed E-state index contributed by atoms with van der Waals surface area (Å²) in [7, 11) is 0. The second kappa shape index (κ2) is 8.07. The number of H-pyrrole nitrogens is 1. The van der Waals surface area contributed by atoms with Crippen LogP contribution >= 0.6 is 0 Å². The standard InChI is InChI=1S/C23H26N4O2/c1-15(2)21(22-24-18-10-6-7-11-19(18)25-22)26-23(29)17-12-20(28)27(14-17)13-16-8-4-3-5-9-16/h3-11,15,17,21H,12-14H2,1-2H3,(H,24,25)(H,26,29)/t17-,21-/m1/s1. The molecule has 6 heteroatoms. The molecule has 3 aromatic rings. The topological polar surface area (TPSA) is 78.1 Å². The monoisotopic (exact) mass is 390 g/mol. The van der Waals surface area contributed by atoms with Crippen molar-refractivity contribution in [1.29, 1.82) is 0 Å². The van der Waals surface area contributed by atoms with Gasteiger partial charge in [0.1, 0.15) is 5.82 Å². The molecule has 2 N–H and O–H groups in total. The van der Waals surface area contributed by atoms with Crippen LogP contribution in [0.2, 0.25) is 0 Å². The predicted octanol–water partition coefficient (Wildman–Crippen LogP) is 3.42. The summed E-state index contributed by atoms with van der Waals surface area (Å²) in [5.41, 5.74) is 2.91. The first kappa shape index (κ1) is 19.2. The summed E-state index contributed by atoms with van der Waals surface area (Å²) >= 11 is 0. The molecule has 2 amide bonds. The lowest BCUT2D eigenvalue weighted by molar-refractivity contribution is -0.129. The van der Waals surface area contributed by atoms with Gasteiger partial charge < -0.3 is 15.2 Å². The van der Waals surface area contributed by atoms with Gasteiger partial charge in [-0.1, -0.05) is 56.3 Å². The summed E-state index contributed by atoms with van der Waals surface area (Å²) in [6.07, 6.45) is 0.254. The Morgan fingerprint density at radius 1 is 1.17 bits per heavy atom. The van der Waals surface area contributed by atoms with Crippen LogP contribution in [-0.2, 0) is 16.1 Å². The maximum atomic E-state index is 13.0. The summed E-state index contributed by atoms with van der Waals surface area (Å²) in [6.45, 7) is 5.10. The van der Waals surface area contributed by atoms with Gasteiger partial charge in [0, 0.05) is 19.5 Å². The van der Waals surface area contributed by atoms with E-state index in [1.54, 1.807) is 4.90 Å². The van der Waals surface area contributed by atoms with Crippen LogP contribution in [-0.4, -0.2) is 33.2 Å². The molecule has 1 aliphatic rings. The highest BCUT2D eigenvalue weighted by atomic mass is 16.2. The zero-order chi connectivity index (χ0) is 20.4. The van der Waals surface area contributed by atoms with Gasteiger partial charge in [-0.3, -0.25) is 9.59 Å². The number of aromatic nitrogens is 2. The lowest BCUT2D eigenvalue weighted by atomic mass is 10.0. The first-order valence-electron chi connectivity index (χ1n) is 10.1. The summed E-state index contributed by atoms with van der Waals surface area (Å²) in [5, 5.41) is 3.13. The summed E-state index contributed by atoms with van der Waals surface area (Å²) in [5.74, 6) is 0.515. The fourth-order valence-electron chi connectivity index (χ4n) is 3.85. The number of hydrogen-bond acceptors (Lipinski definition) is 3. The highest BCUT2D eigenvalue weighted by Crippen LogP contribution is 2.25. The van der Waals surface area contributed by atoms with Gasteiger partial charge in [-0.15, -0.1) is 0 Å². The van der Waals surface area contributed by atoms with Crippen molar-refractivity contribution in [3.8, 4) is 0 Å². The number of fused-ring (bicyclic) bond motifs is 1. The fraction of sp³-hybridized carbons (Fsp3) is 0.348. The summed E-state index contributed by atoms with van der Waals surface area (Å²) in [4.78, 5) is 35.1. The number of amides is 2. The van der Waals surface area contributed by atoms with Crippen molar-refractivity contribution >= 4 is 22.8 Å². The van der Waals surface area contributed by atoms with Gasteiger partial charge in [0.2, 0.25) is 11.8 Å². The minimum atomic E-state index is -0.336. The van der Waals surface area contributed by atoms with Gasteiger partial charge in [0.25, 0.3) is 0 Å². The normalized spacial score (nSPS) is 17.8. The molecule has 1 aliphatic heterocycles. The van der Waals surface area contributed by atoms with Gasteiger partial charge in [-0.05, 0) is 23.6 Å². The number of aromatic amines is 1. The van der Waals surface area contributed by atoms with Crippen LogP contribution in [0.5, 0.6) is 0 Å². The van der Waals surface area contributed by atoms with Crippen molar-refractivity contribution in [2.75, 3.05) is 6.54 Å². The van der Waals surface area contributed by atoms with Crippen LogP contribution in [0.3, 0.4) is 0 Å². The zero-order valence-corrected chi connectivity index (χ0v) is 16.8. The summed E-state index contributed by atoms with van der Waals surface area (Å²) in [6, 6.07) is 17.5. The van der Waals surface area contributed by atoms with E-state index in [0.29, 0.717) is 13.1 Å². The van der Waals surface area contributed by atoms with E-state index in [1.807, 2.05) is 54.6 Å². The minimum Gasteiger partial charge on any atom is -0.346 e. The predicted molar refractivity (Wildman–Crippen MR) is 112 cm³/mol. The molecule has 2 aromatic carbocycles. The summed E-state index contributed by atoms with van der Waals surface area (Å²) < 4.78 is 0.